The smallest absolute Gasteiger partial charge is 0.357 e. The molecule has 55 heavy (non-hydrogen) atoms. The van der Waals surface area contributed by atoms with Crippen LogP contribution < -0.4 is 16.0 Å². The molecule has 0 aromatic heterocycles. The lowest BCUT2D eigenvalue weighted by Crippen LogP contribution is -2.65. The molecule has 0 spiro atoms. The van der Waals surface area contributed by atoms with Gasteiger partial charge in [-0.3, -0.25) is 23.8 Å². The Morgan fingerprint density at radius 3 is 2.16 bits per heavy atom. The molecule has 2 unspecified atom stereocenters. The summed E-state index contributed by atoms with van der Waals surface area (Å²) in [7, 11) is 2.97. The molecule has 0 saturated heterocycles. The molecule has 6 rings (SSSR count). The molecule has 3 aromatic rings. The van der Waals surface area contributed by atoms with Gasteiger partial charge in [0.2, 0.25) is 5.78 Å². The fourth-order valence-electron chi connectivity index (χ4n) is 8.34. The highest BCUT2D eigenvalue weighted by atomic mass is 31.2. The third-order valence-corrected chi connectivity index (χ3v) is 13.0. The van der Waals surface area contributed by atoms with E-state index in [0.29, 0.717) is 33.6 Å². The number of anilines is 2. The number of hydrogen-bond acceptors (Lipinski definition) is 13. The lowest BCUT2D eigenvalue weighted by atomic mass is 9.57. The number of para-hydroxylation sites is 1. The number of ketones is 2. The molecule has 3 aromatic carbocycles. The number of carbonyl (C=O) groups is 3. The van der Waals surface area contributed by atoms with Crippen LogP contribution >= 0.6 is 7.60 Å². The number of benzene rings is 3. The van der Waals surface area contributed by atoms with Crippen molar-refractivity contribution in [1.29, 1.82) is 0 Å². The van der Waals surface area contributed by atoms with Gasteiger partial charge in [0.15, 0.2) is 17.2 Å². The van der Waals surface area contributed by atoms with E-state index in [0.717, 1.165) is 0 Å². The summed E-state index contributed by atoms with van der Waals surface area (Å²) in [4.78, 5) is 43.5. The molecule has 7 N–H and O–H groups in total. The van der Waals surface area contributed by atoms with Crippen LogP contribution in [0.2, 0.25) is 0 Å². The number of carbonyl (C=O) groups excluding carboxylic acids is 3. The second-order valence-corrected chi connectivity index (χ2v) is 16.5. The first-order valence-electron chi connectivity index (χ1n) is 18.0. The summed E-state index contributed by atoms with van der Waals surface area (Å²) in [5, 5.41) is 50.4. The number of amides is 1. The van der Waals surface area contributed by atoms with Gasteiger partial charge in [-0.25, -0.2) is 0 Å². The fourth-order valence-corrected chi connectivity index (χ4v) is 10.3. The Kier molecular flexibility index (Phi) is 10.8. The first kappa shape index (κ1) is 39.7. The number of likely N-dealkylation sites (N-methyl/N-ethyl adjacent to an activating group) is 1. The Labute approximate surface area is 319 Å². The van der Waals surface area contributed by atoms with Gasteiger partial charge < -0.3 is 45.4 Å². The quantitative estimate of drug-likeness (QED) is 0.105. The molecule has 1 amide bonds. The molecule has 1 fully saturated rings. The van der Waals surface area contributed by atoms with E-state index in [1.165, 1.54) is 4.90 Å². The zero-order valence-corrected chi connectivity index (χ0v) is 32.5. The van der Waals surface area contributed by atoms with Crippen LogP contribution in [0, 0.1) is 11.8 Å². The highest BCUT2D eigenvalue weighted by molar-refractivity contribution is 7.54. The van der Waals surface area contributed by atoms with Crippen molar-refractivity contribution in [2.24, 2.45) is 17.6 Å². The maximum atomic E-state index is 14.4. The number of fused-ring (bicyclic) bond motifs is 3. The van der Waals surface area contributed by atoms with E-state index in [-0.39, 0.29) is 42.9 Å². The standard InChI is InChI=1S/C40H47N4O10P/c1-7-53-55(52,54-8-2)39(42-24-12-10-9-11-13-24)22-16-14-21(15-17-22)25-20-28(43(3)4)26-18-23-19-27-32(44(5)6)35(47)31(38(41)50)37(49)40(27,51)36(48)29(23)34(46)30(26)33(25)45/h9-17,20,23,27,32,39,42,45-46,49,51H,7-8,18-19H2,1-6H3,(H2,41,50)/t23-,27-,32?,39?,40-/m1/s1. The monoisotopic (exact) mass is 774 g/mol. The van der Waals surface area contributed by atoms with Gasteiger partial charge in [0.25, 0.3) is 5.91 Å². The van der Waals surface area contributed by atoms with Crippen molar-refractivity contribution in [3.8, 4) is 16.9 Å². The molecule has 0 heterocycles. The minimum Gasteiger partial charge on any atom is -0.508 e. The number of phenolic OH excluding ortho intramolecular Hbond substituents is 1. The topological polar surface area (TPSA) is 212 Å². The number of nitrogens with zero attached hydrogens (tertiary/aromatic N) is 2. The fraction of sp³-hybridized carbons (Fsp3) is 0.375. The number of aliphatic hydroxyl groups excluding tert-OH is 2. The Bertz CT molecular complexity index is 2140. The van der Waals surface area contributed by atoms with E-state index in [1.54, 1.807) is 72.4 Å². The molecule has 0 bridgehead atoms. The van der Waals surface area contributed by atoms with Crippen LogP contribution in [0.4, 0.5) is 11.4 Å². The van der Waals surface area contributed by atoms with Gasteiger partial charge in [0.1, 0.15) is 22.8 Å². The summed E-state index contributed by atoms with van der Waals surface area (Å²) >= 11 is 0. The van der Waals surface area contributed by atoms with Gasteiger partial charge in [-0.05, 0) is 81.6 Å². The molecule has 5 atom stereocenters. The molecule has 0 aliphatic heterocycles. The summed E-state index contributed by atoms with van der Waals surface area (Å²) < 4.78 is 25.6. The first-order valence-corrected chi connectivity index (χ1v) is 19.6. The Morgan fingerprint density at radius 2 is 1.62 bits per heavy atom. The molecule has 0 radical (unpaired) electrons. The number of primary amides is 1. The number of aliphatic hydroxyl groups is 3. The number of aromatic hydroxyl groups is 1. The van der Waals surface area contributed by atoms with Crippen LogP contribution in [-0.2, 0) is 34.4 Å². The third kappa shape index (κ3) is 6.51. The average Bonchev–Trinajstić information content (AvgIpc) is 3.12. The van der Waals surface area contributed by atoms with E-state index in [2.05, 4.69) is 5.32 Å². The molecule has 14 nitrogen and oxygen atoms in total. The van der Waals surface area contributed by atoms with Crippen molar-refractivity contribution in [2.45, 2.75) is 44.1 Å². The molecule has 1 saturated carbocycles. The van der Waals surface area contributed by atoms with Crippen LogP contribution in [0.3, 0.4) is 0 Å². The third-order valence-electron chi connectivity index (χ3n) is 10.7. The van der Waals surface area contributed by atoms with E-state index in [4.69, 9.17) is 14.8 Å². The molecule has 3 aliphatic carbocycles. The van der Waals surface area contributed by atoms with Crippen LogP contribution in [0.1, 0.15) is 42.7 Å². The van der Waals surface area contributed by atoms with Crippen molar-refractivity contribution in [3.63, 3.8) is 0 Å². The van der Waals surface area contributed by atoms with Gasteiger partial charge in [0.05, 0.1) is 24.8 Å². The summed E-state index contributed by atoms with van der Waals surface area (Å²) in [6, 6.07) is 16.7. The number of rotatable bonds is 12. The Hall–Kier alpha value is -4.98. The molecule has 15 heteroatoms. The van der Waals surface area contributed by atoms with Crippen LogP contribution in [0.5, 0.6) is 5.75 Å². The summed E-state index contributed by atoms with van der Waals surface area (Å²) in [5.41, 5.74) is 4.85. The van der Waals surface area contributed by atoms with Crippen molar-refractivity contribution in [1.82, 2.24) is 4.90 Å². The van der Waals surface area contributed by atoms with Gasteiger partial charge in [-0.15, -0.1) is 0 Å². The average molecular weight is 775 g/mol. The van der Waals surface area contributed by atoms with Crippen molar-refractivity contribution < 1.29 is 48.4 Å². The molecule has 292 valence electrons. The largest absolute Gasteiger partial charge is 0.508 e. The SMILES string of the molecule is CCOP(=O)(OCC)C(Nc1ccccc1)c1ccc(-c2cc(N(C)C)c3c(c2O)C(O)=C2C(=O)[C@@]4(O)C(O)=C(C(N)=O)C(=O)C(N(C)C)[C@H]4C[C@H]2C3)cc1. The second-order valence-electron chi connectivity index (χ2n) is 14.4. The predicted octanol–water partition coefficient (Wildman–Crippen LogP) is 5.07. The van der Waals surface area contributed by atoms with Gasteiger partial charge >= 0.3 is 7.60 Å². The van der Waals surface area contributed by atoms with E-state index in [9.17, 15) is 39.4 Å². The van der Waals surface area contributed by atoms with Crippen molar-refractivity contribution in [3.05, 3.63) is 94.3 Å². The minimum absolute atomic E-state index is 0.0197. The Morgan fingerprint density at radius 1 is 1.00 bits per heavy atom. The number of nitrogens with one attached hydrogen (secondary N) is 1. The minimum atomic E-state index is -3.75. The number of nitrogens with two attached hydrogens (primary N) is 1. The maximum Gasteiger partial charge on any atom is 0.357 e. The normalized spacial score (nSPS) is 22.9. The van der Waals surface area contributed by atoms with E-state index >= 15 is 0 Å². The van der Waals surface area contributed by atoms with E-state index < -0.39 is 71.4 Å². The number of Topliss-reactive ketones (excluding diaryl/α,β-unsaturated/α-hetero) is 2. The summed E-state index contributed by atoms with van der Waals surface area (Å²) in [6.07, 6.45) is 0.125. The number of hydrogen-bond donors (Lipinski definition) is 6. The lowest BCUT2D eigenvalue weighted by molar-refractivity contribution is -0.153. The number of phenols is 1. The lowest BCUT2D eigenvalue weighted by Gasteiger charge is -2.50. The highest BCUT2D eigenvalue weighted by Crippen LogP contribution is 2.61. The van der Waals surface area contributed by atoms with Crippen LogP contribution in [-0.4, -0.2) is 95.8 Å². The zero-order chi connectivity index (χ0) is 40.1. The molecular formula is C40H47N4O10P. The zero-order valence-electron chi connectivity index (χ0n) is 31.6. The van der Waals surface area contributed by atoms with Crippen LogP contribution in [0.25, 0.3) is 16.9 Å². The van der Waals surface area contributed by atoms with Crippen LogP contribution in [0.15, 0.2) is 77.6 Å². The summed E-state index contributed by atoms with van der Waals surface area (Å²) in [6.45, 7) is 3.76. The first-order chi connectivity index (χ1) is 26.0. The van der Waals surface area contributed by atoms with Crippen molar-refractivity contribution in [2.75, 3.05) is 51.6 Å². The van der Waals surface area contributed by atoms with Gasteiger partial charge in [-0.1, -0.05) is 42.5 Å². The molecular weight excluding hydrogens is 727 g/mol. The van der Waals surface area contributed by atoms with Gasteiger partial charge in [0, 0.05) is 42.5 Å². The second kappa shape index (κ2) is 14.9. The predicted molar refractivity (Wildman–Crippen MR) is 208 cm³/mol. The highest BCUT2D eigenvalue weighted by Gasteiger charge is 2.64. The van der Waals surface area contributed by atoms with Crippen molar-refractivity contribution >= 4 is 42.2 Å². The van der Waals surface area contributed by atoms with Gasteiger partial charge in [-0.2, -0.15) is 0 Å². The Balaban J connectivity index is 1.48. The summed E-state index contributed by atoms with van der Waals surface area (Å²) in [5.74, 6) is -8.05. The molecule has 3 aliphatic rings. The maximum absolute atomic E-state index is 14.4. The van der Waals surface area contributed by atoms with E-state index in [1.807, 2.05) is 35.2 Å².